The maximum absolute atomic E-state index is 12.9. The SMILES string of the molecule is COC1C(C(=O)O)CCCN1S(=O)(=O)c1cc(C(F)(F)F)ccc1Cl. The van der Waals surface area contributed by atoms with Gasteiger partial charge >= 0.3 is 12.1 Å². The van der Waals surface area contributed by atoms with E-state index < -0.39 is 44.8 Å². The molecule has 1 aliphatic heterocycles. The molecule has 25 heavy (non-hydrogen) atoms. The third-order valence-corrected chi connectivity index (χ3v) is 6.27. The number of sulfonamides is 1. The Hall–Kier alpha value is -1.36. The summed E-state index contributed by atoms with van der Waals surface area (Å²) in [6.07, 6.45) is -5.66. The molecule has 1 aliphatic rings. The van der Waals surface area contributed by atoms with Gasteiger partial charge < -0.3 is 9.84 Å². The minimum absolute atomic E-state index is 0.0861. The van der Waals surface area contributed by atoms with Crippen molar-refractivity contribution in [1.29, 1.82) is 0 Å². The lowest BCUT2D eigenvalue weighted by Crippen LogP contribution is -2.51. The Balaban J connectivity index is 2.52. The number of piperidine rings is 1. The van der Waals surface area contributed by atoms with Crippen LogP contribution < -0.4 is 0 Å². The molecule has 0 saturated carbocycles. The van der Waals surface area contributed by atoms with Crippen molar-refractivity contribution in [2.75, 3.05) is 13.7 Å². The van der Waals surface area contributed by atoms with Crippen LogP contribution in [-0.2, 0) is 25.7 Å². The van der Waals surface area contributed by atoms with E-state index in [2.05, 4.69) is 0 Å². The Labute approximate surface area is 147 Å². The number of hydrogen-bond acceptors (Lipinski definition) is 4. The van der Waals surface area contributed by atoms with E-state index in [4.69, 9.17) is 16.3 Å². The maximum atomic E-state index is 12.9. The van der Waals surface area contributed by atoms with Gasteiger partial charge in [-0.15, -0.1) is 0 Å². The van der Waals surface area contributed by atoms with E-state index in [0.717, 1.165) is 17.5 Å². The molecule has 2 unspecified atom stereocenters. The number of benzene rings is 1. The lowest BCUT2D eigenvalue weighted by atomic mass is 9.98. The summed E-state index contributed by atoms with van der Waals surface area (Å²) in [5.41, 5.74) is -1.17. The summed E-state index contributed by atoms with van der Waals surface area (Å²) in [5.74, 6) is -2.38. The van der Waals surface area contributed by atoms with E-state index >= 15 is 0 Å². The molecule has 0 aliphatic carbocycles. The van der Waals surface area contributed by atoms with Gasteiger partial charge in [0.05, 0.1) is 16.5 Å². The highest BCUT2D eigenvalue weighted by Gasteiger charge is 2.44. The number of ether oxygens (including phenoxy) is 1. The number of alkyl halides is 3. The zero-order valence-electron chi connectivity index (χ0n) is 13.0. The van der Waals surface area contributed by atoms with Crippen molar-refractivity contribution in [3.63, 3.8) is 0 Å². The summed E-state index contributed by atoms with van der Waals surface area (Å²) < 4.78 is 70.1. The average molecular weight is 402 g/mol. The Morgan fingerprint density at radius 3 is 2.56 bits per heavy atom. The van der Waals surface area contributed by atoms with E-state index in [9.17, 15) is 31.5 Å². The van der Waals surface area contributed by atoms with Gasteiger partial charge in [0.25, 0.3) is 0 Å². The fourth-order valence-electron chi connectivity index (χ4n) is 2.73. The number of hydrogen-bond donors (Lipinski definition) is 1. The van der Waals surface area contributed by atoms with Crippen molar-refractivity contribution in [2.45, 2.75) is 30.1 Å². The first-order valence-electron chi connectivity index (χ1n) is 7.14. The number of methoxy groups -OCH3 is 1. The second-order valence-electron chi connectivity index (χ2n) is 5.47. The van der Waals surface area contributed by atoms with Crippen LogP contribution in [0.1, 0.15) is 18.4 Å². The number of nitrogens with zero attached hydrogens (tertiary/aromatic N) is 1. The first-order valence-corrected chi connectivity index (χ1v) is 8.96. The molecule has 1 N–H and O–H groups in total. The highest BCUT2D eigenvalue weighted by molar-refractivity contribution is 7.89. The molecule has 1 saturated heterocycles. The Kier molecular flexibility index (Phi) is 5.67. The molecular weight excluding hydrogens is 387 g/mol. The van der Waals surface area contributed by atoms with Gasteiger partial charge in [-0.2, -0.15) is 17.5 Å². The smallest absolute Gasteiger partial charge is 0.416 e. The van der Waals surface area contributed by atoms with Crippen LogP contribution in [0.5, 0.6) is 0 Å². The van der Waals surface area contributed by atoms with Crippen LogP contribution >= 0.6 is 11.6 Å². The second-order valence-corrected chi connectivity index (χ2v) is 7.74. The molecule has 1 aromatic carbocycles. The van der Waals surface area contributed by atoms with E-state index in [1.54, 1.807) is 0 Å². The van der Waals surface area contributed by atoms with Gasteiger partial charge in [0.15, 0.2) is 0 Å². The number of carbonyl (C=O) groups is 1. The molecule has 11 heteroatoms. The number of aliphatic carboxylic acids is 1. The minimum atomic E-state index is -4.75. The Morgan fingerprint density at radius 1 is 1.40 bits per heavy atom. The summed E-state index contributed by atoms with van der Waals surface area (Å²) >= 11 is 5.81. The van der Waals surface area contributed by atoms with Crippen molar-refractivity contribution in [3.05, 3.63) is 28.8 Å². The summed E-state index contributed by atoms with van der Waals surface area (Å²) in [5, 5.41) is 8.83. The third-order valence-electron chi connectivity index (χ3n) is 3.93. The highest BCUT2D eigenvalue weighted by Crippen LogP contribution is 2.36. The molecule has 2 rings (SSSR count). The van der Waals surface area contributed by atoms with Gasteiger partial charge in [0.2, 0.25) is 10.0 Å². The molecule has 1 fully saturated rings. The van der Waals surface area contributed by atoms with Crippen molar-refractivity contribution in [2.24, 2.45) is 5.92 Å². The van der Waals surface area contributed by atoms with Crippen LogP contribution in [0.4, 0.5) is 13.2 Å². The monoisotopic (exact) mass is 401 g/mol. The Bertz CT molecular complexity index is 768. The van der Waals surface area contributed by atoms with Gasteiger partial charge in [-0.1, -0.05) is 11.6 Å². The van der Waals surface area contributed by atoms with Crippen molar-refractivity contribution in [3.8, 4) is 0 Å². The molecule has 0 bridgehead atoms. The number of rotatable bonds is 4. The van der Waals surface area contributed by atoms with E-state index in [-0.39, 0.29) is 24.4 Å². The van der Waals surface area contributed by atoms with E-state index in [1.807, 2.05) is 0 Å². The number of carboxylic acid groups (broad SMARTS) is 1. The third kappa shape index (κ3) is 3.91. The zero-order valence-corrected chi connectivity index (χ0v) is 14.5. The summed E-state index contributed by atoms with van der Waals surface area (Å²) in [6.45, 7) is -0.0861. The molecular formula is C14H15ClF3NO5S. The number of halogens is 4. The van der Waals surface area contributed by atoms with Gasteiger partial charge in [-0.3, -0.25) is 4.79 Å². The molecule has 6 nitrogen and oxygen atoms in total. The van der Waals surface area contributed by atoms with Crippen LogP contribution in [-0.4, -0.2) is 43.7 Å². The predicted molar refractivity (Wildman–Crippen MR) is 81.5 cm³/mol. The molecule has 0 amide bonds. The minimum Gasteiger partial charge on any atom is -0.481 e. The van der Waals surface area contributed by atoms with Gasteiger partial charge in [0.1, 0.15) is 11.1 Å². The first-order chi connectivity index (χ1) is 11.5. The predicted octanol–water partition coefficient (Wildman–Crippen LogP) is 2.82. The lowest BCUT2D eigenvalue weighted by Gasteiger charge is -2.37. The van der Waals surface area contributed by atoms with Gasteiger partial charge in [0, 0.05) is 13.7 Å². The fourth-order valence-corrected chi connectivity index (χ4v) is 4.85. The zero-order chi connectivity index (χ0) is 19.0. The topological polar surface area (TPSA) is 83.9 Å². The van der Waals surface area contributed by atoms with Crippen molar-refractivity contribution < 1.29 is 36.2 Å². The number of carboxylic acids is 1. The van der Waals surface area contributed by atoms with Crippen LogP contribution in [0.3, 0.4) is 0 Å². The van der Waals surface area contributed by atoms with Crippen molar-refractivity contribution in [1.82, 2.24) is 4.31 Å². The molecule has 0 spiro atoms. The summed E-state index contributed by atoms with van der Waals surface area (Å²) in [4.78, 5) is 10.6. The first kappa shape index (κ1) is 20.0. The molecule has 1 aromatic rings. The summed E-state index contributed by atoms with van der Waals surface area (Å²) in [7, 11) is -3.35. The lowest BCUT2D eigenvalue weighted by molar-refractivity contribution is -0.154. The Morgan fingerprint density at radius 2 is 2.04 bits per heavy atom. The van der Waals surface area contributed by atoms with Gasteiger partial charge in [-0.05, 0) is 31.0 Å². The molecule has 140 valence electrons. The normalized spacial score (nSPS) is 22.8. The molecule has 0 radical (unpaired) electrons. The van der Waals surface area contributed by atoms with Crippen LogP contribution in [0.15, 0.2) is 23.1 Å². The highest BCUT2D eigenvalue weighted by atomic mass is 35.5. The fraction of sp³-hybridized carbons (Fsp3) is 0.500. The van der Waals surface area contributed by atoms with Crippen LogP contribution in [0, 0.1) is 5.92 Å². The maximum Gasteiger partial charge on any atom is 0.416 e. The largest absolute Gasteiger partial charge is 0.481 e. The standard InChI is InChI=1S/C14H15ClF3NO5S/c1-24-12-9(13(20)21)3-2-6-19(12)25(22,23)11-7-8(14(16,17)18)4-5-10(11)15/h4-5,7,9,12H,2-3,6H2,1H3,(H,20,21). The van der Waals surface area contributed by atoms with Crippen LogP contribution in [0.25, 0.3) is 0 Å². The van der Waals surface area contributed by atoms with Crippen molar-refractivity contribution >= 4 is 27.6 Å². The van der Waals surface area contributed by atoms with Gasteiger partial charge in [-0.25, -0.2) is 8.42 Å². The van der Waals surface area contributed by atoms with Crippen LogP contribution in [0.2, 0.25) is 5.02 Å². The summed E-state index contributed by atoms with van der Waals surface area (Å²) in [6, 6.07) is 1.96. The van der Waals surface area contributed by atoms with E-state index in [0.29, 0.717) is 12.1 Å². The quantitative estimate of drug-likeness (QED) is 0.838. The second kappa shape index (κ2) is 7.10. The van der Waals surface area contributed by atoms with E-state index in [1.165, 1.54) is 0 Å². The molecule has 0 aromatic heterocycles. The average Bonchev–Trinajstić information content (AvgIpc) is 2.52. The molecule has 1 heterocycles. The molecule has 2 atom stereocenters.